The van der Waals surface area contributed by atoms with Crippen molar-refractivity contribution in [3.05, 3.63) is 0 Å². The first-order valence-corrected chi connectivity index (χ1v) is 22.0. The van der Waals surface area contributed by atoms with Crippen LogP contribution in [-0.2, 0) is 0 Å². The molecule has 0 spiro atoms. The maximum Gasteiger partial charge on any atom is 0.127 e. The van der Waals surface area contributed by atoms with E-state index in [4.69, 9.17) is 224 Å². The van der Waals surface area contributed by atoms with E-state index in [1.807, 2.05) is 0 Å². The topological polar surface area (TPSA) is 13.1 Å². The van der Waals surface area contributed by atoms with Crippen molar-refractivity contribution in [2.75, 3.05) is 0 Å². The average Bonchev–Trinajstić information content (AvgIpc) is 3.85. The fourth-order valence-electron chi connectivity index (χ4n) is 10.7. The van der Waals surface area contributed by atoms with Gasteiger partial charge in [-0.2, -0.15) is 0 Å². The van der Waals surface area contributed by atoms with Crippen LogP contribution in [0, 0.1) is 0 Å². The van der Waals surface area contributed by atoms with Gasteiger partial charge in [0.2, 0.25) is 0 Å². The maximum atomic E-state index is 7.27. The molecule has 0 saturated heterocycles. The zero-order chi connectivity index (χ0) is 55.3. The van der Waals surface area contributed by atoms with Gasteiger partial charge in [0.15, 0.2) is 0 Å². The molecule has 10 rings (SSSR count). The molecule has 1 nitrogen and oxygen atoms in total. The SMILES string of the molecule is [B]c1c([B])c(-c2c([B])c3c([B])c([B])c([B])c([B])c3c3c([B])c([B])c([B])c([B])c23)c([B])c([B])c1-c1c2c([B])c([B])c([B])c([B])c2c(-c2c([B])c([B])c3oc4c([B])c([B])c([B])c([B])c4c3c2[B])c2c([B])c([B])c([B])c([B])c12. The molecular formula is C46B28O. The maximum absolute atomic E-state index is 7.27. The Labute approximate surface area is 472 Å². The standard InChI is InChI=1S/C46B28O/c47-17-9(7-8(24(54)38(68)37(67)23(7)53)10-13(17)30(60)40(70)39(69)25(10)55)14-28(58)26(56)12(27(57)29(14)59)2-5-3(19(49)33(63)35(65)21(5)51)1(4-6(2)22(52)36(66)34(64)20(4)50)11-18(48)15-16-32(62)41(71)42(72)44(74)46(16)75-45(15)43(73)31(11)61. The smallest absolute Gasteiger partial charge is 0.127 e. The average molecular weight is 871 g/mol. The van der Waals surface area contributed by atoms with E-state index >= 15 is 0 Å². The van der Waals surface area contributed by atoms with Crippen molar-refractivity contribution in [2.24, 2.45) is 0 Å². The van der Waals surface area contributed by atoms with Gasteiger partial charge in [-0.15, -0.1) is 54.6 Å². The highest BCUT2D eigenvalue weighted by atomic mass is 16.3. The summed E-state index contributed by atoms with van der Waals surface area (Å²) in [5.41, 5.74) is -4.84. The highest BCUT2D eigenvalue weighted by Crippen LogP contribution is 2.40. The quantitative estimate of drug-likeness (QED) is 0.0979. The highest BCUT2D eigenvalue weighted by Gasteiger charge is 2.31. The first-order chi connectivity index (χ1) is 35.0. The molecule has 29 heteroatoms. The molecule has 0 amide bonds. The number of fused-ring (bicyclic) bond motifs is 8. The minimum Gasteiger partial charge on any atom is -0.457 e. The third-order valence-electron chi connectivity index (χ3n) is 14.7. The first-order valence-electron chi connectivity index (χ1n) is 22.0. The summed E-state index contributed by atoms with van der Waals surface area (Å²) in [4.78, 5) is 0. The molecule has 10 aromatic rings. The Bertz CT molecular complexity index is 4330. The fraction of sp³-hybridized carbons (Fsp3) is 0. The largest absolute Gasteiger partial charge is 0.457 e. The summed E-state index contributed by atoms with van der Waals surface area (Å²) in [6.45, 7) is 0. The number of rotatable bonds is 3. The van der Waals surface area contributed by atoms with Gasteiger partial charge in [0.1, 0.15) is 231 Å². The number of hydrogen-bond donors (Lipinski definition) is 0. The molecule has 0 atom stereocenters. The van der Waals surface area contributed by atoms with E-state index in [1.54, 1.807) is 0 Å². The van der Waals surface area contributed by atoms with Gasteiger partial charge < -0.3 is 4.42 Å². The van der Waals surface area contributed by atoms with E-state index in [-0.39, 0.29) is 251 Å². The summed E-state index contributed by atoms with van der Waals surface area (Å²) < 4.78 is 6.18. The molecular weight excluding hydrogens is 871 g/mol. The molecule has 75 heavy (non-hydrogen) atoms. The van der Waals surface area contributed by atoms with E-state index in [1.165, 1.54) is 0 Å². The lowest BCUT2D eigenvalue weighted by atomic mass is 9.55. The van der Waals surface area contributed by atoms with Gasteiger partial charge >= 0.3 is 0 Å². The lowest BCUT2D eigenvalue weighted by Crippen LogP contribution is -2.52. The van der Waals surface area contributed by atoms with Crippen molar-refractivity contribution < 1.29 is 4.42 Å². The number of furan rings is 1. The summed E-state index contributed by atoms with van der Waals surface area (Å²) in [5.74, 6) is 0. The van der Waals surface area contributed by atoms with Crippen molar-refractivity contribution in [3.63, 3.8) is 0 Å². The summed E-state index contributed by atoms with van der Waals surface area (Å²) >= 11 is 0. The second-order valence-electron chi connectivity index (χ2n) is 18.3. The molecule has 0 aliphatic rings. The van der Waals surface area contributed by atoms with Gasteiger partial charge in [-0.25, -0.2) is 0 Å². The monoisotopic (exact) mass is 876 g/mol. The van der Waals surface area contributed by atoms with Crippen molar-refractivity contribution in [2.45, 2.75) is 0 Å². The minimum atomic E-state index is -0.291. The number of hydrogen-bond acceptors (Lipinski definition) is 1. The lowest BCUT2D eigenvalue weighted by molar-refractivity contribution is 0.675. The molecule has 0 bridgehead atoms. The Morgan fingerprint density at radius 3 is 0.653 bits per heavy atom. The molecule has 0 saturated carbocycles. The third kappa shape index (κ3) is 6.85. The van der Waals surface area contributed by atoms with Crippen LogP contribution in [0.1, 0.15) is 0 Å². The minimum absolute atomic E-state index is 0.000959. The Balaban J connectivity index is 1.46. The van der Waals surface area contributed by atoms with Gasteiger partial charge in [0, 0.05) is 10.8 Å². The Morgan fingerprint density at radius 1 is 0.120 bits per heavy atom. The Hall–Kier alpha value is -4.36. The summed E-state index contributed by atoms with van der Waals surface area (Å²) in [6, 6.07) is 0. The predicted molar refractivity (Wildman–Crippen MR) is 351 cm³/mol. The Kier molecular flexibility index (Phi) is 13.0. The van der Waals surface area contributed by atoms with Gasteiger partial charge in [-0.05, 0) is 76.5 Å². The predicted octanol–water partition coefficient (Wildman–Crippen LogP) is -20.6. The first kappa shape index (κ1) is 54.0. The van der Waals surface area contributed by atoms with Crippen LogP contribution in [0.5, 0.6) is 0 Å². The van der Waals surface area contributed by atoms with Crippen LogP contribution >= 0.6 is 0 Å². The molecule has 1 aromatic heterocycles. The fourth-order valence-corrected chi connectivity index (χ4v) is 10.7. The summed E-state index contributed by atoms with van der Waals surface area (Å²) in [7, 11) is 190. The molecule has 9 aromatic carbocycles. The van der Waals surface area contributed by atoms with Crippen LogP contribution in [0.3, 0.4) is 0 Å². The molecule has 0 N–H and O–H groups in total. The molecule has 56 radical (unpaired) electrons. The van der Waals surface area contributed by atoms with Crippen LogP contribution in [-0.4, -0.2) is 220 Å². The van der Waals surface area contributed by atoms with Gasteiger partial charge in [0.25, 0.3) is 0 Å². The normalized spacial score (nSPS) is 11.9. The lowest BCUT2D eigenvalue weighted by Gasteiger charge is -2.33. The summed E-state index contributed by atoms with van der Waals surface area (Å²) in [5, 5.41) is 0.479. The third-order valence-corrected chi connectivity index (χ3v) is 14.7. The molecule has 0 fully saturated rings. The second kappa shape index (κ2) is 18.1. The van der Waals surface area contributed by atoms with Crippen molar-refractivity contribution in [3.8, 4) is 33.4 Å². The summed E-state index contributed by atoms with van der Waals surface area (Å²) in [6.07, 6.45) is 0. The van der Waals surface area contributed by atoms with E-state index in [9.17, 15) is 0 Å². The van der Waals surface area contributed by atoms with Gasteiger partial charge in [-0.1, -0.05) is 98.3 Å². The van der Waals surface area contributed by atoms with Crippen LogP contribution < -0.4 is 153 Å². The van der Waals surface area contributed by atoms with Gasteiger partial charge in [0.05, 0.1) is 0 Å². The van der Waals surface area contributed by atoms with Crippen LogP contribution in [0.15, 0.2) is 4.42 Å². The Morgan fingerprint density at radius 2 is 0.307 bits per heavy atom. The molecule has 1 heterocycles. The zero-order valence-corrected chi connectivity index (χ0v) is 39.6. The van der Waals surface area contributed by atoms with Crippen molar-refractivity contribution in [1.29, 1.82) is 0 Å². The van der Waals surface area contributed by atoms with Crippen LogP contribution in [0.25, 0.3) is 98.4 Å². The molecule has 0 unspecified atom stereocenters. The molecule has 274 valence electrons. The van der Waals surface area contributed by atoms with E-state index in [0.717, 1.165) is 0 Å². The second-order valence-corrected chi connectivity index (χ2v) is 18.3. The van der Waals surface area contributed by atoms with E-state index in [0.29, 0.717) is 0 Å². The van der Waals surface area contributed by atoms with Crippen LogP contribution in [0.2, 0.25) is 0 Å². The van der Waals surface area contributed by atoms with Crippen molar-refractivity contribution in [1.82, 2.24) is 0 Å². The van der Waals surface area contributed by atoms with E-state index < -0.39 is 0 Å². The molecule has 0 aliphatic heterocycles. The van der Waals surface area contributed by atoms with Crippen LogP contribution in [0.4, 0.5) is 0 Å². The zero-order valence-electron chi connectivity index (χ0n) is 39.6. The van der Waals surface area contributed by atoms with Gasteiger partial charge in [-0.3, -0.25) is 0 Å². The highest BCUT2D eigenvalue weighted by molar-refractivity contribution is 6.78. The molecule has 0 aliphatic carbocycles. The number of benzene rings is 9. The van der Waals surface area contributed by atoms with Crippen molar-refractivity contribution >= 4 is 438 Å². The van der Waals surface area contributed by atoms with E-state index in [2.05, 4.69) is 0 Å².